The number of hydrogen-bond acceptors (Lipinski definition) is 8. The van der Waals surface area contributed by atoms with Gasteiger partial charge in [0.15, 0.2) is 11.4 Å². The molecule has 65 heavy (non-hydrogen) atoms. The molecule has 1 unspecified atom stereocenters. The lowest BCUT2D eigenvalue weighted by Gasteiger charge is -2.73. The smallest absolute Gasteiger partial charge is 0.339 e. The van der Waals surface area contributed by atoms with Gasteiger partial charge in [-0.2, -0.15) is 0 Å². The highest BCUT2D eigenvalue weighted by Crippen LogP contribution is 2.89. The first-order valence-corrected chi connectivity index (χ1v) is 26.7. The maximum atomic E-state index is 16.3. The Labute approximate surface area is 386 Å². The number of nitrogens with two attached hydrogens (primary N) is 1. The molecule has 17 rings (SSSR count). The zero-order valence-electron chi connectivity index (χ0n) is 39.1. The number of fused-ring (bicyclic) bond motifs is 3. The number of aliphatic hydroxyl groups excluding tert-OH is 1. The number of piperidine rings is 2. The van der Waals surface area contributed by atoms with E-state index in [0.29, 0.717) is 72.8 Å². The van der Waals surface area contributed by atoms with Crippen molar-refractivity contribution in [1.82, 2.24) is 9.80 Å². The first-order chi connectivity index (χ1) is 31.7. The van der Waals surface area contributed by atoms with Crippen molar-refractivity contribution in [2.45, 2.75) is 160 Å². The van der Waals surface area contributed by atoms with E-state index in [2.05, 4.69) is 54.0 Å². The van der Waals surface area contributed by atoms with E-state index in [4.69, 9.17) is 15.2 Å². The maximum Gasteiger partial charge on any atom is 0.339 e. The third-order valence-corrected chi connectivity index (χ3v) is 21.6. The molecular weight excluding hydrogens is 807 g/mol. The molecule has 3 N–H and O–H groups in total. The number of nitrogens with zero attached hydrogens (tertiary/aromatic N) is 2. The largest absolute Gasteiger partial charge is 0.509 e. The molecule has 8 nitrogen and oxygen atoms in total. The second kappa shape index (κ2) is 14.0. The summed E-state index contributed by atoms with van der Waals surface area (Å²) in [6.45, 7) is 8.59. The number of hydrogen-bond donors (Lipinski definition) is 2. The number of benzene rings is 1. The van der Waals surface area contributed by atoms with Gasteiger partial charge in [0, 0.05) is 61.2 Å². The molecule has 3 spiro atoms. The van der Waals surface area contributed by atoms with Gasteiger partial charge >= 0.3 is 11.9 Å². The molecule has 0 amide bonds. The summed E-state index contributed by atoms with van der Waals surface area (Å²) in [5, 5.41) is 13.4. The Hall–Kier alpha value is -3.62. The predicted octanol–water partition coefficient (Wildman–Crippen LogP) is 10.5. The van der Waals surface area contributed by atoms with Crippen LogP contribution in [-0.2, 0) is 26.3 Å². The summed E-state index contributed by atoms with van der Waals surface area (Å²) >= 11 is 0. The van der Waals surface area contributed by atoms with E-state index in [9.17, 15) is 5.11 Å². The Kier molecular flexibility index (Phi) is 8.70. The van der Waals surface area contributed by atoms with Crippen LogP contribution >= 0.6 is 0 Å². The van der Waals surface area contributed by atoms with Gasteiger partial charge in [0.2, 0.25) is 0 Å². The van der Waals surface area contributed by atoms with E-state index < -0.39 is 16.4 Å². The molecule has 16 aliphatic rings. The summed E-state index contributed by atoms with van der Waals surface area (Å²) in [7, 11) is 0. The molecule has 1 aromatic rings. The normalized spacial score (nSPS) is 45.2. The summed E-state index contributed by atoms with van der Waals surface area (Å²) in [6, 6.07) is 7.06. The highest BCUT2D eigenvalue weighted by atomic mass is 16.6. The van der Waals surface area contributed by atoms with Gasteiger partial charge in [0.25, 0.3) is 0 Å². The molecule has 8 heteroatoms. The molecule has 0 aromatic heterocycles. The van der Waals surface area contributed by atoms with E-state index >= 15 is 9.59 Å². The van der Waals surface area contributed by atoms with E-state index in [-0.39, 0.29) is 41.0 Å². The number of carbonyl (C=O) groups is 2. The molecule has 7 aliphatic carbocycles. The second-order valence-electron chi connectivity index (χ2n) is 24.3. The van der Waals surface area contributed by atoms with E-state index in [0.717, 1.165) is 82.1 Å². The Morgan fingerprint density at radius 2 is 1.86 bits per heavy atom. The van der Waals surface area contributed by atoms with Gasteiger partial charge in [-0.25, -0.2) is 4.79 Å². The van der Waals surface area contributed by atoms with Crippen molar-refractivity contribution in [3.8, 4) is 0 Å². The van der Waals surface area contributed by atoms with Gasteiger partial charge < -0.3 is 25.2 Å². The third kappa shape index (κ3) is 4.93. The lowest BCUT2D eigenvalue weighted by molar-refractivity contribution is -0.283. The number of aliphatic hydroxyl groups is 1. The lowest BCUT2D eigenvalue weighted by Crippen LogP contribution is -2.78. The predicted molar refractivity (Wildman–Crippen MR) is 249 cm³/mol. The van der Waals surface area contributed by atoms with E-state index in [1.54, 1.807) is 11.3 Å². The second-order valence-corrected chi connectivity index (χ2v) is 24.3. The fourth-order valence-corrected chi connectivity index (χ4v) is 19.1. The first-order valence-electron chi connectivity index (χ1n) is 26.7. The van der Waals surface area contributed by atoms with Crippen molar-refractivity contribution >= 4 is 11.9 Å². The van der Waals surface area contributed by atoms with Crippen molar-refractivity contribution in [2.75, 3.05) is 26.2 Å². The molecule has 1 aromatic carbocycles. The average Bonchev–Trinajstić information content (AvgIpc) is 3.77. The molecular formula is C57H71N3O5. The molecule has 344 valence electrons. The Bertz CT molecular complexity index is 2470. The van der Waals surface area contributed by atoms with Gasteiger partial charge in [-0.15, -0.1) is 0 Å². The maximum absolute atomic E-state index is 16.3. The molecule has 0 radical (unpaired) electrons. The minimum atomic E-state index is -1.15. The van der Waals surface area contributed by atoms with Gasteiger partial charge in [-0.3, -0.25) is 9.69 Å². The van der Waals surface area contributed by atoms with Crippen LogP contribution in [0.25, 0.3) is 0 Å². The van der Waals surface area contributed by atoms with Gasteiger partial charge in [-0.05, 0) is 147 Å². The van der Waals surface area contributed by atoms with Crippen LogP contribution in [0.15, 0.2) is 75.4 Å². The number of allylic oxidation sites excluding steroid dienone is 6. The molecule has 9 heterocycles. The van der Waals surface area contributed by atoms with Crippen LogP contribution < -0.4 is 5.73 Å². The molecule has 12 bridgehead atoms. The Morgan fingerprint density at radius 3 is 2.71 bits per heavy atom. The van der Waals surface area contributed by atoms with Crippen molar-refractivity contribution in [3.63, 3.8) is 0 Å². The summed E-state index contributed by atoms with van der Waals surface area (Å²) in [5.74, 6) is 2.98. The standard InChI is InChI=1S/C57H71N3O5/c1-3-54(2)21-19-40-39-15-7-13-35-26-36-17-18-43-37-24-33-29-59(31-37)38(25-32-10-5-4-6-11-32)27-44(61)51-55-22-20-41(48(46(35)39)50(36)60(43)30-33)49(40)56(55,53(63)64-51)45(28-54)57(55)42-16-8-12-34(14-9-23-58)47(42)52(62)65-57/h7-8,12,15-16,32-33,35,37-38,43,45-46,48,61H,3-6,9-11,13-14,17-31,58H2,1-2H3/b51-44+/t33-,35-,37+,38-,43+,45-,46+,48-,54-,55+,56+,57+/m0/s1. The third-order valence-electron chi connectivity index (χ3n) is 21.6. The fourth-order valence-electron chi connectivity index (χ4n) is 19.1. The molecule has 13 atom stereocenters. The summed E-state index contributed by atoms with van der Waals surface area (Å²) in [5.41, 5.74) is 14.3. The molecule has 3 saturated carbocycles. The first kappa shape index (κ1) is 40.4. The highest BCUT2D eigenvalue weighted by molar-refractivity contribution is 6.01. The zero-order chi connectivity index (χ0) is 43.8. The van der Waals surface area contributed by atoms with Crippen LogP contribution in [0.2, 0.25) is 0 Å². The van der Waals surface area contributed by atoms with Crippen molar-refractivity contribution in [3.05, 3.63) is 92.1 Å². The van der Waals surface area contributed by atoms with Crippen LogP contribution in [0.5, 0.6) is 0 Å². The number of ether oxygens (including phenoxy) is 2. The van der Waals surface area contributed by atoms with Crippen molar-refractivity contribution in [2.24, 2.45) is 63.4 Å². The van der Waals surface area contributed by atoms with Crippen molar-refractivity contribution < 1.29 is 24.2 Å². The molecule has 6 fully saturated rings. The summed E-state index contributed by atoms with van der Waals surface area (Å²) < 4.78 is 14.4. The summed E-state index contributed by atoms with van der Waals surface area (Å²) in [4.78, 5) is 37.2. The zero-order valence-corrected chi connectivity index (χ0v) is 39.1. The van der Waals surface area contributed by atoms with Crippen LogP contribution in [0.4, 0.5) is 0 Å². The number of carbonyl (C=O) groups excluding carboxylic acids is 2. The minimum Gasteiger partial charge on any atom is -0.509 e. The molecule has 3 saturated heterocycles. The topological polar surface area (TPSA) is 105 Å². The van der Waals surface area contributed by atoms with Crippen LogP contribution in [0, 0.1) is 57.7 Å². The van der Waals surface area contributed by atoms with Gasteiger partial charge in [0.1, 0.15) is 11.2 Å². The SMILES string of the molecule is CC[C@@]1(C)CCC2=C3C=CC[C@H]4CC5=C6[C@@H](C7=C2[C@]28C(=O)O/C(=C(/O)C[C@H](CC9CCCCC9)N9C[C@@H]%10C[C@H](C9)[C@@H](CC5)N6C%10)[C@@]2(CC7)[C@]2(OC(=O)c5c(CCCN)cccc52)[C@H]8C1)[C@@H]34. The lowest BCUT2D eigenvalue weighted by atomic mass is 9.27. The van der Waals surface area contributed by atoms with E-state index in [1.807, 2.05) is 0 Å². The summed E-state index contributed by atoms with van der Waals surface area (Å²) in [6.07, 6.45) is 25.6. The number of rotatable bonds is 6. The minimum absolute atomic E-state index is 0.106. The van der Waals surface area contributed by atoms with Crippen LogP contribution in [0.1, 0.15) is 157 Å². The van der Waals surface area contributed by atoms with Gasteiger partial charge in [-0.1, -0.05) is 93.9 Å². The quantitative estimate of drug-likeness (QED) is 0.272. The number of esters is 2. The molecule has 9 aliphatic heterocycles. The monoisotopic (exact) mass is 878 g/mol. The van der Waals surface area contributed by atoms with Crippen LogP contribution in [0.3, 0.4) is 0 Å². The Balaban J connectivity index is 1.08. The highest BCUT2D eigenvalue weighted by Gasteiger charge is 2.94. The number of aryl methyl sites for hydroxylation is 1. The van der Waals surface area contributed by atoms with Crippen LogP contribution in [-0.4, -0.2) is 65.1 Å². The fraction of sp³-hybridized carbons (Fsp3) is 0.684. The van der Waals surface area contributed by atoms with E-state index in [1.165, 1.54) is 80.1 Å². The Morgan fingerprint density at radius 1 is 0.985 bits per heavy atom. The van der Waals surface area contributed by atoms with Crippen molar-refractivity contribution in [1.29, 1.82) is 0 Å². The average molecular weight is 878 g/mol. The van der Waals surface area contributed by atoms with Gasteiger partial charge in [0.05, 0.1) is 11.0 Å².